The number of furan rings is 1. The SMILES string of the molecule is CC1CCCCC1NC(=NCCc1ccco1)NC1CCOCC1.I. The molecule has 25 heavy (non-hydrogen) atoms. The van der Waals surface area contributed by atoms with E-state index >= 15 is 0 Å². The molecule has 3 rings (SSSR count). The minimum atomic E-state index is 0. The van der Waals surface area contributed by atoms with Gasteiger partial charge in [0.15, 0.2) is 5.96 Å². The van der Waals surface area contributed by atoms with Crippen LogP contribution in [0.15, 0.2) is 27.8 Å². The van der Waals surface area contributed by atoms with Gasteiger partial charge < -0.3 is 19.8 Å². The molecule has 6 heteroatoms. The van der Waals surface area contributed by atoms with Gasteiger partial charge in [0.2, 0.25) is 0 Å². The van der Waals surface area contributed by atoms with Crippen molar-refractivity contribution in [2.75, 3.05) is 19.8 Å². The first-order valence-corrected chi connectivity index (χ1v) is 9.49. The summed E-state index contributed by atoms with van der Waals surface area (Å²) in [6, 6.07) is 4.95. The Morgan fingerprint density at radius 1 is 1.16 bits per heavy atom. The maximum absolute atomic E-state index is 5.47. The zero-order chi connectivity index (χ0) is 16.6. The standard InChI is InChI=1S/C19H31N3O2.HI/c1-15-5-2-3-7-18(15)22-19(21-16-9-13-23-14-10-16)20-11-8-17-6-4-12-24-17;/h4,6,12,15-16,18H,2-3,5,7-11,13-14H2,1H3,(H2,20,21,22);1H. The molecule has 1 aliphatic carbocycles. The highest BCUT2D eigenvalue weighted by Gasteiger charge is 2.23. The number of nitrogens with one attached hydrogen (secondary N) is 2. The Hall–Kier alpha value is -0.760. The minimum absolute atomic E-state index is 0. The molecule has 2 aliphatic rings. The zero-order valence-corrected chi connectivity index (χ0v) is 17.5. The second-order valence-corrected chi connectivity index (χ2v) is 7.10. The Labute approximate surface area is 168 Å². The molecule has 1 aliphatic heterocycles. The van der Waals surface area contributed by atoms with Gasteiger partial charge in [-0.2, -0.15) is 0 Å². The highest BCUT2D eigenvalue weighted by molar-refractivity contribution is 14.0. The fourth-order valence-corrected chi connectivity index (χ4v) is 3.61. The lowest BCUT2D eigenvalue weighted by molar-refractivity contribution is 0.0821. The molecule has 0 spiro atoms. The van der Waals surface area contributed by atoms with Crippen molar-refractivity contribution in [1.82, 2.24) is 10.6 Å². The van der Waals surface area contributed by atoms with E-state index in [0.717, 1.165) is 50.7 Å². The fourth-order valence-electron chi connectivity index (χ4n) is 3.61. The van der Waals surface area contributed by atoms with Crippen LogP contribution in [0.1, 0.15) is 51.2 Å². The molecule has 2 unspecified atom stereocenters. The van der Waals surface area contributed by atoms with Crippen LogP contribution >= 0.6 is 24.0 Å². The molecule has 2 N–H and O–H groups in total. The van der Waals surface area contributed by atoms with E-state index in [-0.39, 0.29) is 24.0 Å². The van der Waals surface area contributed by atoms with Crippen LogP contribution < -0.4 is 10.6 Å². The van der Waals surface area contributed by atoms with Gasteiger partial charge in [-0.05, 0) is 43.7 Å². The molecule has 0 radical (unpaired) electrons. The molecule has 2 atom stereocenters. The van der Waals surface area contributed by atoms with Crippen LogP contribution in [0.25, 0.3) is 0 Å². The molecule has 0 amide bonds. The van der Waals surface area contributed by atoms with Crippen LogP contribution in [0.2, 0.25) is 0 Å². The van der Waals surface area contributed by atoms with Crippen molar-refractivity contribution >= 4 is 29.9 Å². The number of aliphatic imine (C=N–C) groups is 1. The lowest BCUT2D eigenvalue weighted by atomic mass is 9.86. The van der Waals surface area contributed by atoms with Crippen LogP contribution in [0.5, 0.6) is 0 Å². The predicted molar refractivity (Wildman–Crippen MR) is 112 cm³/mol. The van der Waals surface area contributed by atoms with Crippen LogP contribution in [-0.2, 0) is 11.2 Å². The first kappa shape index (κ1) is 20.6. The number of guanidine groups is 1. The van der Waals surface area contributed by atoms with Gasteiger partial charge in [0.05, 0.1) is 6.26 Å². The van der Waals surface area contributed by atoms with E-state index in [1.165, 1.54) is 25.7 Å². The Balaban J connectivity index is 0.00000225. The summed E-state index contributed by atoms with van der Waals surface area (Å²) in [4.78, 5) is 4.81. The number of nitrogens with zero attached hydrogens (tertiary/aromatic N) is 1. The Bertz CT molecular complexity index is 501. The topological polar surface area (TPSA) is 58.8 Å². The molecule has 1 saturated carbocycles. The quantitative estimate of drug-likeness (QED) is 0.399. The second-order valence-electron chi connectivity index (χ2n) is 7.10. The number of hydrogen-bond acceptors (Lipinski definition) is 3. The molecule has 2 heterocycles. The van der Waals surface area contributed by atoms with Crippen LogP contribution in [-0.4, -0.2) is 37.8 Å². The van der Waals surface area contributed by atoms with E-state index in [4.69, 9.17) is 14.1 Å². The lowest BCUT2D eigenvalue weighted by Crippen LogP contribution is -2.51. The van der Waals surface area contributed by atoms with E-state index in [9.17, 15) is 0 Å². The summed E-state index contributed by atoms with van der Waals surface area (Å²) in [7, 11) is 0. The van der Waals surface area contributed by atoms with Crippen molar-refractivity contribution in [3.05, 3.63) is 24.2 Å². The Kier molecular flexibility index (Phi) is 9.09. The number of halogens is 1. The van der Waals surface area contributed by atoms with Gasteiger partial charge in [0, 0.05) is 38.3 Å². The maximum Gasteiger partial charge on any atom is 0.191 e. The van der Waals surface area contributed by atoms with Crippen LogP contribution in [0.3, 0.4) is 0 Å². The van der Waals surface area contributed by atoms with Gasteiger partial charge in [-0.25, -0.2) is 0 Å². The van der Waals surface area contributed by atoms with Crippen molar-refractivity contribution in [2.45, 2.75) is 64.0 Å². The number of rotatable bonds is 5. The molecule has 5 nitrogen and oxygen atoms in total. The summed E-state index contributed by atoms with van der Waals surface area (Å²) < 4.78 is 10.9. The third-order valence-electron chi connectivity index (χ3n) is 5.20. The second kappa shape index (κ2) is 11.1. The summed E-state index contributed by atoms with van der Waals surface area (Å²) >= 11 is 0. The van der Waals surface area contributed by atoms with Crippen LogP contribution in [0, 0.1) is 5.92 Å². The monoisotopic (exact) mass is 461 g/mol. The van der Waals surface area contributed by atoms with Crippen molar-refractivity contribution < 1.29 is 9.15 Å². The molecule has 1 aromatic heterocycles. The predicted octanol–water partition coefficient (Wildman–Crippen LogP) is 3.73. The molecule has 1 saturated heterocycles. The van der Waals surface area contributed by atoms with Gasteiger partial charge in [-0.15, -0.1) is 24.0 Å². The molecule has 0 bridgehead atoms. The normalized spacial score (nSPS) is 25.2. The molecule has 1 aromatic rings. The average Bonchev–Trinajstić information content (AvgIpc) is 3.11. The molecular weight excluding hydrogens is 429 g/mol. The van der Waals surface area contributed by atoms with Crippen molar-refractivity contribution in [2.24, 2.45) is 10.9 Å². The van der Waals surface area contributed by atoms with Crippen molar-refractivity contribution in [3.8, 4) is 0 Å². The molecule has 0 aromatic carbocycles. The first-order chi connectivity index (χ1) is 11.8. The van der Waals surface area contributed by atoms with E-state index in [2.05, 4.69) is 17.6 Å². The van der Waals surface area contributed by atoms with Crippen LogP contribution in [0.4, 0.5) is 0 Å². The highest BCUT2D eigenvalue weighted by Crippen LogP contribution is 2.23. The van der Waals surface area contributed by atoms with Gasteiger partial charge >= 0.3 is 0 Å². The molecule has 142 valence electrons. The zero-order valence-electron chi connectivity index (χ0n) is 15.2. The van der Waals surface area contributed by atoms with E-state index in [0.29, 0.717) is 18.0 Å². The summed E-state index contributed by atoms with van der Waals surface area (Å²) in [6.45, 7) is 4.78. The number of ether oxygens (including phenoxy) is 1. The van der Waals surface area contributed by atoms with Crippen molar-refractivity contribution in [3.63, 3.8) is 0 Å². The maximum atomic E-state index is 5.47. The van der Waals surface area contributed by atoms with Gasteiger partial charge in [0.25, 0.3) is 0 Å². The largest absolute Gasteiger partial charge is 0.469 e. The van der Waals surface area contributed by atoms with E-state index in [1.54, 1.807) is 6.26 Å². The van der Waals surface area contributed by atoms with E-state index < -0.39 is 0 Å². The third kappa shape index (κ3) is 6.81. The Morgan fingerprint density at radius 2 is 1.96 bits per heavy atom. The summed E-state index contributed by atoms with van der Waals surface area (Å²) in [5.41, 5.74) is 0. The minimum Gasteiger partial charge on any atom is -0.469 e. The fraction of sp³-hybridized carbons (Fsp3) is 0.737. The van der Waals surface area contributed by atoms with Crippen molar-refractivity contribution in [1.29, 1.82) is 0 Å². The summed E-state index contributed by atoms with van der Waals surface area (Å²) in [5.74, 6) is 2.67. The first-order valence-electron chi connectivity index (χ1n) is 9.49. The molecule has 2 fully saturated rings. The third-order valence-corrected chi connectivity index (χ3v) is 5.20. The summed E-state index contributed by atoms with van der Waals surface area (Å²) in [6.07, 6.45) is 9.91. The lowest BCUT2D eigenvalue weighted by Gasteiger charge is -2.32. The van der Waals surface area contributed by atoms with Gasteiger partial charge in [-0.3, -0.25) is 4.99 Å². The Morgan fingerprint density at radius 3 is 2.68 bits per heavy atom. The van der Waals surface area contributed by atoms with Gasteiger partial charge in [-0.1, -0.05) is 19.8 Å². The highest BCUT2D eigenvalue weighted by atomic mass is 127. The smallest absolute Gasteiger partial charge is 0.191 e. The van der Waals surface area contributed by atoms with Gasteiger partial charge in [0.1, 0.15) is 5.76 Å². The summed E-state index contributed by atoms with van der Waals surface area (Å²) in [5, 5.41) is 7.33. The average molecular weight is 461 g/mol. The number of hydrogen-bond donors (Lipinski definition) is 2. The van der Waals surface area contributed by atoms with E-state index in [1.807, 2.05) is 12.1 Å². The molecular formula is C19H32IN3O2.